The summed E-state index contributed by atoms with van der Waals surface area (Å²) in [4.78, 5) is 11.3. The number of ether oxygens (including phenoxy) is 2. The number of H-pyrrole nitrogens is 1. The van der Waals surface area contributed by atoms with Crippen LogP contribution in [0.1, 0.15) is 5.56 Å². The smallest absolute Gasteiger partial charge is 0.343 e. The Labute approximate surface area is 154 Å². The van der Waals surface area contributed by atoms with E-state index in [-0.39, 0.29) is 6.61 Å². The fourth-order valence-corrected chi connectivity index (χ4v) is 2.39. The average molecular weight is 368 g/mol. The summed E-state index contributed by atoms with van der Waals surface area (Å²) in [5.74, 6) is 0.651. The summed E-state index contributed by atoms with van der Waals surface area (Å²) in [5, 5.41) is 11.4. The molecule has 0 saturated heterocycles. The molecule has 8 heteroatoms. The molecule has 1 aromatic heterocycles. The Morgan fingerprint density at radius 2 is 1.96 bits per heavy atom. The predicted molar refractivity (Wildman–Crippen MR) is 99.8 cm³/mol. The molecular weight excluding hydrogens is 352 g/mol. The van der Waals surface area contributed by atoms with E-state index in [1.54, 1.807) is 12.3 Å². The van der Waals surface area contributed by atoms with E-state index in [4.69, 9.17) is 17.0 Å². The van der Waals surface area contributed by atoms with Crippen molar-refractivity contribution in [3.63, 3.8) is 0 Å². The van der Waals surface area contributed by atoms with Crippen LogP contribution in [-0.2, 0) is 9.53 Å². The molecule has 0 amide bonds. The monoisotopic (exact) mass is 368 g/mol. The Morgan fingerprint density at radius 3 is 2.73 bits per heavy atom. The molecule has 0 bridgehead atoms. The highest BCUT2D eigenvalue weighted by Crippen LogP contribution is 2.18. The molecule has 26 heavy (non-hydrogen) atoms. The number of rotatable bonds is 6. The van der Waals surface area contributed by atoms with Gasteiger partial charge < -0.3 is 9.47 Å². The number of carbonyl (C=O) groups is 1. The first-order chi connectivity index (χ1) is 12.7. The second-order valence-corrected chi connectivity index (χ2v) is 5.56. The first-order valence-electron chi connectivity index (χ1n) is 7.75. The molecule has 3 aromatic rings. The minimum Gasteiger partial charge on any atom is -0.481 e. The van der Waals surface area contributed by atoms with Gasteiger partial charge in [0.2, 0.25) is 4.77 Å². The lowest BCUT2D eigenvalue weighted by molar-refractivity contribution is -0.142. The van der Waals surface area contributed by atoms with Crippen LogP contribution in [0.4, 0.5) is 0 Å². The van der Waals surface area contributed by atoms with Crippen molar-refractivity contribution in [1.82, 2.24) is 14.9 Å². The van der Waals surface area contributed by atoms with E-state index in [0.717, 1.165) is 5.56 Å². The molecule has 7 nitrogen and oxygen atoms in total. The molecule has 132 valence electrons. The molecule has 0 unspecified atom stereocenters. The van der Waals surface area contributed by atoms with E-state index < -0.39 is 5.97 Å². The molecule has 0 aliphatic heterocycles. The van der Waals surface area contributed by atoms with Gasteiger partial charge in [0.05, 0.1) is 13.3 Å². The van der Waals surface area contributed by atoms with E-state index in [1.807, 2.05) is 48.5 Å². The lowest BCUT2D eigenvalue weighted by Crippen LogP contribution is -2.13. The summed E-state index contributed by atoms with van der Waals surface area (Å²) < 4.78 is 12.0. The second kappa shape index (κ2) is 8.21. The largest absolute Gasteiger partial charge is 0.481 e. The van der Waals surface area contributed by atoms with Gasteiger partial charge in [-0.25, -0.2) is 9.89 Å². The average Bonchev–Trinajstić information content (AvgIpc) is 3.06. The van der Waals surface area contributed by atoms with Gasteiger partial charge in [-0.2, -0.15) is 14.9 Å². The molecule has 1 heterocycles. The van der Waals surface area contributed by atoms with Gasteiger partial charge in [-0.05, 0) is 24.4 Å². The van der Waals surface area contributed by atoms with E-state index >= 15 is 0 Å². The van der Waals surface area contributed by atoms with Gasteiger partial charge in [-0.1, -0.05) is 42.5 Å². The molecule has 0 fully saturated rings. The van der Waals surface area contributed by atoms with Gasteiger partial charge in [0, 0.05) is 11.1 Å². The Hall–Kier alpha value is -3.26. The third kappa shape index (κ3) is 4.04. The van der Waals surface area contributed by atoms with E-state index in [2.05, 4.69) is 20.0 Å². The van der Waals surface area contributed by atoms with Crippen LogP contribution in [-0.4, -0.2) is 40.8 Å². The van der Waals surface area contributed by atoms with Crippen molar-refractivity contribution in [2.24, 2.45) is 5.10 Å². The zero-order chi connectivity index (χ0) is 18.4. The number of aromatic nitrogens is 3. The summed E-state index contributed by atoms with van der Waals surface area (Å²) in [6, 6.07) is 16.8. The molecule has 3 rings (SSSR count). The first-order valence-corrected chi connectivity index (χ1v) is 8.15. The number of esters is 1. The standard InChI is InChI=1S/C18H16N4O3S/c1-24-16(23)12-25-15-10-6-5-9-14(15)11-19-22-17(20-21-18(22)26)13-7-3-2-4-8-13/h2-11H,12H2,1H3,(H,21,26)/b19-11-. The van der Waals surface area contributed by atoms with Crippen molar-refractivity contribution in [3.05, 3.63) is 64.9 Å². The van der Waals surface area contributed by atoms with Gasteiger partial charge in [-0.3, -0.25) is 0 Å². The highest BCUT2D eigenvalue weighted by Gasteiger charge is 2.08. The molecule has 0 aliphatic carbocycles. The maximum atomic E-state index is 11.3. The van der Waals surface area contributed by atoms with Gasteiger partial charge in [0.1, 0.15) is 5.75 Å². The molecule has 2 aromatic carbocycles. The summed E-state index contributed by atoms with van der Waals surface area (Å²) in [5.41, 5.74) is 1.57. The van der Waals surface area contributed by atoms with Crippen LogP contribution in [0.25, 0.3) is 11.4 Å². The maximum Gasteiger partial charge on any atom is 0.343 e. The summed E-state index contributed by atoms with van der Waals surface area (Å²) in [6.45, 7) is -0.179. The van der Waals surface area contributed by atoms with Crippen molar-refractivity contribution < 1.29 is 14.3 Å². The highest BCUT2D eigenvalue weighted by molar-refractivity contribution is 7.71. The molecule has 0 radical (unpaired) electrons. The van der Waals surface area contributed by atoms with Crippen LogP contribution in [0.3, 0.4) is 0 Å². The van der Waals surface area contributed by atoms with Gasteiger partial charge in [0.25, 0.3) is 0 Å². The zero-order valence-corrected chi connectivity index (χ0v) is 14.8. The van der Waals surface area contributed by atoms with Crippen LogP contribution in [0.2, 0.25) is 0 Å². The summed E-state index contributed by atoms with van der Waals surface area (Å²) in [6.07, 6.45) is 1.60. The number of methoxy groups -OCH3 is 1. The molecule has 1 N–H and O–H groups in total. The van der Waals surface area contributed by atoms with Gasteiger partial charge in [-0.15, -0.1) is 0 Å². The number of hydrogen-bond donors (Lipinski definition) is 1. The van der Waals surface area contributed by atoms with Crippen molar-refractivity contribution in [2.75, 3.05) is 13.7 Å². The number of para-hydroxylation sites is 1. The van der Waals surface area contributed by atoms with Crippen LogP contribution in [0.15, 0.2) is 59.7 Å². The van der Waals surface area contributed by atoms with E-state index in [1.165, 1.54) is 11.8 Å². The number of carbonyl (C=O) groups excluding carboxylic acids is 1. The molecule has 0 atom stereocenters. The highest BCUT2D eigenvalue weighted by atomic mass is 32.1. The van der Waals surface area contributed by atoms with E-state index in [0.29, 0.717) is 21.9 Å². The Bertz CT molecular complexity index is 979. The normalized spacial score (nSPS) is 10.8. The minimum atomic E-state index is -0.458. The maximum absolute atomic E-state index is 11.3. The third-order valence-corrected chi connectivity index (χ3v) is 3.75. The van der Waals surface area contributed by atoms with Crippen molar-refractivity contribution in [2.45, 2.75) is 0 Å². The number of nitrogens with zero attached hydrogens (tertiary/aromatic N) is 3. The summed E-state index contributed by atoms with van der Waals surface area (Å²) in [7, 11) is 1.31. The Morgan fingerprint density at radius 1 is 1.23 bits per heavy atom. The van der Waals surface area contributed by atoms with Gasteiger partial charge >= 0.3 is 5.97 Å². The lowest BCUT2D eigenvalue weighted by Gasteiger charge is -2.07. The quantitative estimate of drug-likeness (QED) is 0.411. The number of nitrogens with one attached hydrogen (secondary N) is 1. The van der Waals surface area contributed by atoms with Crippen LogP contribution >= 0.6 is 12.2 Å². The van der Waals surface area contributed by atoms with Crippen molar-refractivity contribution in [1.29, 1.82) is 0 Å². The summed E-state index contributed by atoms with van der Waals surface area (Å²) >= 11 is 5.26. The second-order valence-electron chi connectivity index (χ2n) is 5.18. The zero-order valence-electron chi connectivity index (χ0n) is 14.0. The number of aromatic amines is 1. The molecule has 0 aliphatic rings. The Balaban J connectivity index is 1.89. The fraction of sp³-hybridized carbons (Fsp3) is 0.111. The number of hydrogen-bond acceptors (Lipinski definition) is 6. The SMILES string of the molecule is COC(=O)COc1ccccc1/C=N\n1c(-c2ccccc2)n[nH]c1=S. The lowest BCUT2D eigenvalue weighted by atomic mass is 10.2. The van der Waals surface area contributed by atoms with Gasteiger partial charge in [0.15, 0.2) is 12.4 Å². The molecule has 0 spiro atoms. The third-order valence-electron chi connectivity index (χ3n) is 3.49. The fourth-order valence-electron chi connectivity index (χ4n) is 2.21. The predicted octanol–water partition coefficient (Wildman–Crippen LogP) is 3.04. The van der Waals surface area contributed by atoms with Crippen LogP contribution in [0.5, 0.6) is 5.75 Å². The molecular formula is C18H16N4O3S. The molecule has 0 saturated carbocycles. The van der Waals surface area contributed by atoms with Crippen LogP contribution < -0.4 is 4.74 Å². The number of benzene rings is 2. The first kappa shape index (κ1) is 17.6. The van der Waals surface area contributed by atoms with Crippen LogP contribution in [0, 0.1) is 4.77 Å². The van der Waals surface area contributed by atoms with E-state index in [9.17, 15) is 4.79 Å². The minimum absolute atomic E-state index is 0.179. The van der Waals surface area contributed by atoms with Crippen molar-refractivity contribution >= 4 is 24.4 Å². The van der Waals surface area contributed by atoms with Crippen molar-refractivity contribution in [3.8, 4) is 17.1 Å². The topological polar surface area (TPSA) is 81.5 Å². The Kier molecular flexibility index (Phi) is 5.55.